The first-order chi connectivity index (χ1) is 11.1. The van der Waals surface area contributed by atoms with Gasteiger partial charge in [-0.25, -0.2) is 4.79 Å². The number of fused-ring (bicyclic) bond motifs is 2. The Bertz CT molecular complexity index is 1050. The molecule has 114 valence electrons. The van der Waals surface area contributed by atoms with Gasteiger partial charge in [-0.05, 0) is 24.3 Å². The first-order valence-electron chi connectivity index (χ1n) is 6.87. The summed E-state index contributed by atoms with van der Waals surface area (Å²) in [5.74, 6) is -0.122. The van der Waals surface area contributed by atoms with Gasteiger partial charge in [0.2, 0.25) is 0 Å². The number of rotatable bonds is 2. The van der Waals surface area contributed by atoms with E-state index in [1.807, 2.05) is 12.1 Å². The van der Waals surface area contributed by atoms with E-state index in [1.54, 1.807) is 36.7 Å². The maximum Gasteiger partial charge on any atom is 0.343 e. The molecule has 0 amide bonds. The van der Waals surface area contributed by atoms with E-state index in [-0.39, 0.29) is 0 Å². The number of aromatic nitrogens is 2. The quantitative estimate of drug-likeness (QED) is 0.389. The lowest BCUT2D eigenvalue weighted by Gasteiger charge is -2.07. The van der Waals surface area contributed by atoms with Crippen LogP contribution in [0.2, 0.25) is 10.0 Å². The molecule has 4 nitrogen and oxygen atoms in total. The van der Waals surface area contributed by atoms with Crippen LogP contribution in [0.25, 0.3) is 21.8 Å². The zero-order valence-corrected chi connectivity index (χ0v) is 13.2. The van der Waals surface area contributed by atoms with E-state index in [4.69, 9.17) is 27.9 Å². The molecule has 2 aromatic carbocycles. The first kappa shape index (κ1) is 14.2. The van der Waals surface area contributed by atoms with Crippen molar-refractivity contribution in [1.29, 1.82) is 0 Å². The summed E-state index contributed by atoms with van der Waals surface area (Å²) in [7, 11) is 0. The predicted molar refractivity (Wildman–Crippen MR) is 91.6 cm³/mol. The van der Waals surface area contributed by atoms with E-state index < -0.39 is 5.97 Å². The molecule has 0 radical (unpaired) electrons. The highest BCUT2D eigenvalue weighted by atomic mass is 35.5. The van der Waals surface area contributed by atoms with Crippen molar-refractivity contribution in [2.75, 3.05) is 0 Å². The van der Waals surface area contributed by atoms with Crippen molar-refractivity contribution in [3.05, 3.63) is 64.4 Å². The molecule has 4 aromatic rings. The van der Waals surface area contributed by atoms with Crippen LogP contribution in [0.15, 0.2) is 48.8 Å². The van der Waals surface area contributed by atoms with E-state index in [0.717, 1.165) is 21.8 Å². The third kappa shape index (κ3) is 2.46. The minimum absolute atomic E-state index is 0.368. The third-order valence-corrected chi connectivity index (χ3v) is 4.28. The number of ether oxygens (including phenoxy) is 1. The fraction of sp³-hybridized carbons (Fsp3) is 0. The lowest BCUT2D eigenvalue weighted by atomic mass is 10.1. The number of carbonyl (C=O) groups is 1. The second-order valence-corrected chi connectivity index (χ2v) is 5.94. The van der Waals surface area contributed by atoms with E-state index in [0.29, 0.717) is 21.4 Å². The average Bonchev–Trinajstić information content (AvgIpc) is 3.15. The standard InChI is InChI=1S/C17H10Cl2N2O2/c18-13-5-9(6-15-11(13)1-3-20-15)17(22)23-10-7-14(19)12-2-4-21-16(12)8-10/h1-8,20-21H. The minimum Gasteiger partial charge on any atom is -0.423 e. The summed E-state index contributed by atoms with van der Waals surface area (Å²) in [5, 5.41) is 2.75. The summed E-state index contributed by atoms with van der Waals surface area (Å²) < 4.78 is 5.42. The summed E-state index contributed by atoms with van der Waals surface area (Å²) in [6.07, 6.45) is 3.55. The third-order valence-electron chi connectivity index (χ3n) is 3.66. The molecule has 4 rings (SSSR count). The smallest absolute Gasteiger partial charge is 0.343 e. The van der Waals surface area contributed by atoms with Gasteiger partial charge in [-0.15, -0.1) is 0 Å². The van der Waals surface area contributed by atoms with Crippen molar-refractivity contribution in [3.8, 4) is 5.75 Å². The summed E-state index contributed by atoms with van der Waals surface area (Å²) in [6.45, 7) is 0. The molecule has 23 heavy (non-hydrogen) atoms. The van der Waals surface area contributed by atoms with Gasteiger partial charge < -0.3 is 14.7 Å². The van der Waals surface area contributed by atoms with Crippen molar-refractivity contribution in [3.63, 3.8) is 0 Å². The van der Waals surface area contributed by atoms with Crippen molar-refractivity contribution in [1.82, 2.24) is 9.97 Å². The Hall–Kier alpha value is -2.43. The lowest BCUT2D eigenvalue weighted by Crippen LogP contribution is -2.08. The molecule has 0 aliphatic rings. The molecule has 2 heterocycles. The van der Waals surface area contributed by atoms with E-state index in [1.165, 1.54) is 0 Å². The van der Waals surface area contributed by atoms with Crippen molar-refractivity contribution < 1.29 is 9.53 Å². The summed E-state index contributed by atoms with van der Waals surface area (Å²) in [6, 6.07) is 10.4. The van der Waals surface area contributed by atoms with Gasteiger partial charge in [0.1, 0.15) is 5.75 Å². The lowest BCUT2D eigenvalue weighted by molar-refractivity contribution is 0.0735. The Morgan fingerprint density at radius 3 is 2.17 bits per heavy atom. The molecule has 0 fully saturated rings. The van der Waals surface area contributed by atoms with Crippen LogP contribution < -0.4 is 4.74 Å². The van der Waals surface area contributed by atoms with Crippen molar-refractivity contribution in [2.24, 2.45) is 0 Å². The van der Waals surface area contributed by atoms with Gasteiger partial charge in [0, 0.05) is 40.8 Å². The molecule has 0 aliphatic heterocycles. The number of nitrogens with one attached hydrogen (secondary N) is 2. The topological polar surface area (TPSA) is 57.9 Å². The monoisotopic (exact) mass is 344 g/mol. The van der Waals surface area contributed by atoms with Gasteiger partial charge in [-0.3, -0.25) is 0 Å². The van der Waals surface area contributed by atoms with Gasteiger partial charge in [0.15, 0.2) is 0 Å². The minimum atomic E-state index is -0.495. The van der Waals surface area contributed by atoms with Crippen LogP contribution in [-0.2, 0) is 0 Å². The Morgan fingerprint density at radius 2 is 1.48 bits per heavy atom. The number of hydrogen-bond donors (Lipinski definition) is 2. The van der Waals surface area contributed by atoms with Crippen LogP contribution in [0.5, 0.6) is 5.75 Å². The average molecular weight is 345 g/mol. The van der Waals surface area contributed by atoms with Crippen molar-refractivity contribution in [2.45, 2.75) is 0 Å². The molecule has 0 aliphatic carbocycles. The molecule has 0 bridgehead atoms. The van der Waals surface area contributed by atoms with Crippen LogP contribution in [0.3, 0.4) is 0 Å². The Balaban J connectivity index is 1.69. The normalized spacial score (nSPS) is 11.2. The largest absolute Gasteiger partial charge is 0.423 e. The molecule has 0 atom stereocenters. The SMILES string of the molecule is O=C(Oc1cc(Cl)c2cc[nH]c2c1)c1cc(Cl)c2cc[nH]c2c1. The predicted octanol–water partition coefficient (Wildman–Crippen LogP) is 5.18. The summed E-state index contributed by atoms with van der Waals surface area (Å²) in [5.41, 5.74) is 1.95. The number of hydrogen-bond acceptors (Lipinski definition) is 2. The number of aromatic amines is 2. The summed E-state index contributed by atoms with van der Waals surface area (Å²) >= 11 is 12.4. The Morgan fingerprint density at radius 1 is 0.870 bits per heavy atom. The number of H-pyrrole nitrogens is 2. The number of esters is 1. The highest BCUT2D eigenvalue weighted by Crippen LogP contribution is 2.30. The maximum atomic E-state index is 12.4. The molecule has 2 N–H and O–H groups in total. The van der Waals surface area contributed by atoms with Crippen LogP contribution >= 0.6 is 23.2 Å². The highest BCUT2D eigenvalue weighted by Gasteiger charge is 2.14. The van der Waals surface area contributed by atoms with Gasteiger partial charge in [-0.1, -0.05) is 23.2 Å². The van der Waals surface area contributed by atoms with Gasteiger partial charge in [0.25, 0.3) is 0 Å². The van der Waals surface area contributed by atoms with E-state index >= 15 is 0 Å². The Labute approximate surface area is 141 Å². The number of halogens is 2. The molecular formula is C17H10Cl2N2O2. The van der Waals surface area contributed by atoms with Crippen LogP contribution in [-0.4, -0.2) is 15.9 Å². The molecular weight excluding hydrogens is 335 g/mol. The molecule has 2 aromatic heterocycles. The molecule has 6 heteroatoms. The Kier molecular flexibility index (Phi) is 3.29. The maximum absolute atomic E-state index is 12.4. The van der Waals surface area contributed by atoms with E-state index in [2.05, 4.69) is 9.97 Å². The zero-order chi connectivity index (χ0) is 16.0. The molecule has 0 saturated carbocycles. The van der Waals surface area contributed by atoms with E-state index in [9.17, 15) is 4.79 Å². The molecule has 0 unspecified atom stereocenters. The highest BCUT2D eigenvalue weighted by molar-refractivity contribution is 6.36. The van der Waals surface area contributed by atoms with Crippen LogP contribution in [0, 0.1) is 0 Å². The fourth-order valence-corrected chi connectivity index (χ4v) is 3.12. The second kappa shape index (κ2) is 5.33. The van der Waals surface area contributed by atoms with Gasteiger partial charge in [0.05, 0.1) is 21.1 Å². The van der Waals surface area contributed by atoms with Gasteiger partial charge >= 0.3 is 5.97 Å². The van der Waals surface area contributed by atoms with Gasteiger partial charge in [-0.2, -0.15) is 0 Å². The summed E-state index contributed by atoms with van der Waals surface area (Å²) in [4.78, 5) is 18.4. The zero-order valence-electron chi connectivity index (χ0n) is 11.7. The van der Waals surface area contributed by atoms with Crippen LogP contribution in [0.4, 0.5) is 0 Å². The van der Waals surface area contributed by atoms with Crippen LogP contribution in [0.1, 0.15) is 10.4 Å². The number of carbonyl (C=O) groups excluding carboxylic acids is 1. The molecule has 0 saturated heterocycles. The fourth-order valence-electron chi connectivity index (χ4n) is 2.56. The number of benzene rings is 2. The first-order valence-corrected chi connectivity index (χ1v) is 7.63. The van der Waals surface area contributed by atoms with Crippen molar-refractivity contribution >= 4 is 51.0 Å². The second-order valence-electron chi connectivity index (χ2n) is 5.13. The molecule has 0 spiro atoms.